The molecule has 1 aromatic carbocycles. The fourth-order valence-electron chi connectivity index (χ4n) is 4.32. The van der Waals surface area contributed by atoms with E-state index in [9.17, 15) is 5.26 Å². The lowest BCUT2D eigenvalue weighted by atomic mass is 10.1. The van der Waals surface area contributed by atoms with E-state index in [4.69, 9.17) is 15.0 Å². The molecule has 0 saturated carbocycles. The SMILES string of the molecule is Cc1noc(-c2ccccc2)c1CSCC1CCC(n2cc(C)c3c(N)nc(C#N)nc32)O1. The van der Waals surface area contributed by atoms with Gasteiger partial charge in [-0.05, 0) is 32.3 Å². The van der Waals surface area contributed by atoms with Crippen molar-refractivity contribution in [1.29, 1.82) is 5.26 Å². The van der Waals surface area contributed by atoms with Crippen LogP contribution in [0, 0.1) is 25.2 Å². The Bertz CT molecular complexity index is 1340. The number of nitrogens with two attached hydrogens (primary N) is 1. The molecule has 0 radical (unpaired) electrons. The monoisotopic (exact) mass is 460 g/mol. The molecule has 9 heteroatoms. The van der Waals surface area contributed by atoms with Crippen LogP contribution in [-0.4, -0.2) is 31.5 Å². The number of hydrogen-bond acceptors (Lipinski definition) is 8. The topological polar surface area (TPSA) is 116 Å². The summed E-state index contributed by atoms with van der Waals surface area (Å²) in [7, 11) is 0. The van der Waals surface area contributed by atoms with Gasteiger partial charge in [-0.25, -0.2) is 9.97 Å². The highest BCUT2D eigenvalue weighted by molar-refractivity contribution is 7.98. The molecule has 8 nitrogen and oxygen atoms in total. The Hall–Kier alpha value is -3.35. The summed E-state index contributed by atoms with van der Waals surface area (Å²) in [5, 5.41) is 14.2. The van der Waals surface area contributed by atoms with Gasteiger partial charge in [-0.1, -0.05) is 35.5 Å². The predicted molar refractivity (Wildman–Crippen MR) is 127 cm³/mol. The van der Waals surface area contributed by atoms with Crippen LogP contribution in [0.4, 0.5) is 5.82 Å². The molecule has 0 aliphatic carbocycles. The van der Waals surface area contributed by atoms with Crippen molar-refractivity contribution in [2.24, 2.45) is 0 Å². The summed E-state index contributed by atoms with van der Waals surface area (Å²) in [6.45, 7) is 3.95. The van der Waals surface area contributed by atoms with Crippen LogP contribution in [0.5, 0.6) is 0 Å². The third kappa shape index (κ3) is 4.08. The number of thioether (sulfide) groups is 1. The van der Waals surface area contributed by atoms with Crippen LogP contribution in [0.25, 0.3) is 22.4 Å². The zero-order valence-corrected chi connectivity index (χ0v) is 19.3. The van der Waals surface area contributed by atoms with Gasteiger partial charge in [0.2, 0.25) is 5.82 Å². The van der Waals surface area contributed by atoms with Gasteiger partial charge in [0.1, 0.15) is 23.8 Å². The van der Waals surface area contributed by atoms with E-state index in [1.807, 2.05) is 72.8 Å². The number of nitrogens with zero attached hydrogens (tertiary/aromatic N) is 5. The molecule has 2 atom stereocenters. The van der Waals surface area contributed by atoms with Crippen LogP contribution in [-0.2, 0) is 10.5 Å². The van der Waals surface area contributed by atoms with E-state index in [2.05, 4.69) is 15.1 Å². The number of nitriles is 1. The molecule has 3 aromatic heterocycles. The lowest BCUT2D eigenvalue weighted by Gasteiger charge is -2.16. The molecule has 1 saturated heterocycles. The van der Waals surface area contributed by atoms with Gasteiger partial charge >= 0.3 is 0 Å². The molecule has 1 aliphatic heterocycles. The standard InChI is InChI=1S/C24H24N6O2S/c1-14-11-30(24-21(14)23(26)27-19(10-25)28-24)20-9-8-17(31-20)12-33-13-18-15(2)29-32-22(18)16-6-4-3-5-7-16/h3-7,11,17,20H,8-9,12-13H2,1-2H3,(H2,26,27,28). The van der Waals surface area contributed by atoms with Crippen molar-refractivity contribution in [3.05, 3.63) is 59.2 Å². The van der Waals surface area contributed by atoms with Gasteiger partial charge in [0.25, 0.3) is 0 Å². The molecule has 1 aliphatic rings. The Morgan fingerprint density at radius 2 is 2.03 bits per heavy atom. The first-order chi connectivity index (χ1) is 16.0. The number of benzene rings is 1. The van der Waals surface area contributed by atoms with Gasteiger partial charge in [0, 0.05) is 28.8 Å². The molecule has 4 heterocycles. The van der Waals surface area contributed by atoms with Crippen molar-refractivity contribution in [1.82, 2.24) is 19.7 Å². The van der Waals surface area contributed by atoms with Crippen molar-refractivity contribution in [3.63, 3.8) is 0 Å². The van der Waals surface area contributed by atoms with Crippen LogP contribution in [0.2, 0.25) is 0 Å². The molecule has 4 aromatic rings. The molecule has 0 spiro atoms. The summed E-state index contributed by atoms with van der Waals surface area (Å²) in [4.78, 5) is 8.47. The largest absolute Gasteiger partial charge is 0.383 e. The number of ether oxygens (including phenoxy) is 1. The fraction of sp³-hybridized carbons (Fsp3) is 0.333. The number of hydrogen-bond donors (Lipinski definition) is 1. The highest BCUT2D eigenvalue weighted by Crippen LogP contribution is 2.36. The molecule has 2 N–H and O–H groups in total. The summed E-state index contributed by atoms with van der Waals surface area (Å²) in [5.41, 5.74) is 10.8. The molecular formula is C24H24N6O2S. The number of aryl methyl sites for hydroxylation is 2. The molecule has 2 unspecified atom stereocenters. The quantitative estimate of drug-likeness (QED) is 0.437. The average Bonchev–Trinajstić information content (AvgIpc) is 3.52. The van der Waals surface area contributed by atoms with Crippen molar-refractivity contribution >= 4 is 28.6 Å². The Kier molecular flexibility index (Phi) is 5.79. The number of rotatable bonds is 6. The summed E-state index contributed by atoms with van der Waals surface area (Å²) in [6, 6.07) is 12.1. The highest BCUT2D eigenvalue weighted by Gasteiger charge is 2.29. The van der Waals surface area contributed by atoms with Crippen LogP contribution >= 0.6 is 11.8 Å². The van der Waals surface area contributed by atoms with Gasteiger partial charge in [-0.3, -0.25) is 0 Å². The Morgan fingerprint density at radius 3 is 2.82 bits per heavy atom. The van der Waals surface area contributed by atoms with E-state index in [1.165, 1.54) is 0 Å². The molecule has 168 valence electrons. The normalized spacial score (nSPS) is 18.1. The second-order valence-corrected chi connectivity index (χ2v) is 9.24. The Morgan fingerprint density at radius 1 is 1.21 bits per heavy atom. The molecule has 1 fully saturated rings. The van der Waals surface area contributed by atoms with Gasteiger partial charge in [-0.15, -0.1) is 0 Å². The average molecular weight is 461 g/mol. The van der Waals surface area contributed by atoms with E-state index in [-0.39, 0.29) is 18.2 Å². The maximum atomic E-state index is 9.23. The minimum absolute atomic E-state index is 0.0720. The zero-order chi connectivity index (χ0) is 22.9. The Labute approximate surface area is 195 Å². The molecule has 0 bridgehead atoms. The predicted octanol–water partition coefficient (Wildman–Crippen LogP) is 4.77. The number of aromatic nitrogens is 4. The van der Waals surface area contributed by atoms with Crippen molar-refractivity contribution < 1.29 is 9.26 Å². The smallest absolute Gasteiger partial charge is 0.236 e. The van der Waals surface area contributed by atoms with E-state index < -0.39 is 0 Å². The fourth-order valence-corrected chi connectivity index (χ4v) is 5.49. The summed E-state index contributed by atoms with van der Waals surface area (Å²) in [6.07, 6.45) is 3.82. The summed E-state index contributed by atoms with van der Waals surface area (Å²) >= 11 is 1.82. The first kappa shape index (κ1) is 21.5. The highest BCUT2D eigenvalue weighted by atomic mass is 32.2. The summed E-state index contributed by atoms with van der Waals surface area (Å²) in [5.74, 6) is 2.92. The van der Waals surface area contributed by atoms with Crippen molar-refractivity contribution in [2.45, 2.75) is 44.8 Å². The first-order valence-electron chi connectivity index (χ1n) is 10.8. The van der Waals surface area contributed by atoms with Crippen LogP contribution in [0.1, 0.15) is 41.7 Å². The number of nitrogen functional groups attached to an aromatic ring is 1. The molecule has 33 heavy (non-hydrogen) atoms. The minimum atomic E-state index is -0.134. The molecule has 5 rings (SSSR count). The second kappa shape index (κ2) is 8.89. The third-order valence-corrected chi connectivity index (χ3v) is 7.06. The Balaban J connectivity index is 1.26. The van der Waals surface area contributed by atoms with E-state index in [0.717, 1.165) is 57.9 Å². The van der Waals surface area contributed by atoms with E-state index in [1.54, 1.807) is 0 Å². The maximum Gasteiger partial charge on any atom is 0.236 e. The zero-order valence-electron chi connectivity index (χ0n) is 18.5. The van der Waals surface area contributed by atoms with Gasteiger partial charge in [-0.2, -0.15) is 17.0 Å². The van der Waals surface area contributed by atoms with Gasteiger partial charge < -0.3 is 19.6 Å². The minimum Gasteiger partial charge on any atom is -0.383 e. The first-order valence-corrected chi connectivity index (χ1v) is 12.0. The van der Waals surface area contributed by atoms with Crippen LogP contribution in [0.3, 0.4) is 0 Å². The number of fused-ring (bicyclic) bond motifs is 1. The number of anilines is 1. The molecular weight excluding hydrogens is 436 g/mol. The lowest BCUT2D eigenvalue weighted by Crippen LogP contribution is -2.13. The van der Waals surface area contributed by atoms with Crippen molar-refractivity contribution in [2.75, 3.05) is 11.5 Å². The van der Waals surface area contributed by atoms with Gasteiger partial charge in [0.15, 0.2) is 5.76 Å². The maximum absolute atomic E-state index is 9.23. The van der Waals surface area contributed by atoms with E-state index >= 15 is 0 Å². The summed E-state index contributed by atoms with van der Waals surface area (Å²) < 4.78 is 14.0. The van der Waals surface area contributed by atoms with E-state index in [0.29, 0.717) is 11.5 Å². The lowest BCUT2D eigenvalue weighted by molar-refractivity contribution is 0.0156. The molecule has 0 amide bonds. The van der Waals surface area contributed by atoms with Crippen molar-refractivity contribution in [3.8, 4) is 17.4 Å². The second-order valence-electron chi connectivity index (χ2n) is 8.21. The third-order valence-electron chi connectivity index (χ3n) is 5.96. The van der Waals surface area contributed by atoms with Crippen LogP contribution < -0.4 is 5.73 Å². The van der Waals surface area contributed by atoms with Crippen LogP contribution in [0.15, 0.2) is 41.1 Å². The van der Waals surface area contributed by atoms with Gasteiger partial charge in [0.05, 0.1) is 17.2 Å².